The summed E-state index contributed by atoms with van der Waals surface area (Å²) in [6.45, 7) is 8.32. The Morgan fingerprint density at radius 2 is 1.80 bits per heavy atom. The molecule has 0 saturated heterocycles. The first kappa shape index (κ1) is 16.7. The zero-order valence-electron chi connectivity index (χ0n) is 13.1. The predicted molar refractivity (Wildman–Crippen MR) is 84.4 cm³/mol. The minimum absolute atomic E-state index is 0.151. The molecule has 1 aromatic carbocycles. The number of benzene rings is 1. The lowest BCUT2D eigenvalue weighted by Gasteiger charge is -2.25. The minimum atomic E-state index is -0.317. The van der Waals surface area contributed by atoms with Crippen molar-refractivity contribution in [1.82, 2.24) is 5.32 Å². The average Bonchev–Trinajstić information content (AvgIpc) is 2.42. The molecule has 0 aliphatic heterocycles. The standard InChI is InChI=1S/C17H28N2O/c1-5-6-7-14-8-10-15(11-9-14)16(12(2)3)19-13(4)17(18)20/h8-13,16,19H,5-7H2,1-4H3,(H2,18,20)/t13-,16+/m0/s1. The Bertz CT molecular complexity index is 412. The van der Waals surface area contributed by atoms with E-state index in [2.05, 4.69) is 50.4 Å². The Hall–Kier alpha value is -1.35. The molecule has 3 nitrogen and oxygen atoms in total. The molecular formula is C17H28N2O. The van der Waals surface area contributed by atoms with Crippen LogP contribution in [0.25, 0.3) is 0 Å². The number of rotatable bonds is 8. The first-order chi connectivity index (χ1) is 9.45. The van der Waals surface area contributed by atoms with Gasteiger partial charge in [-0.3, -0.25) is 10.1 Å². The van der Waals surface area contributed by atoms with Crippen molar-refractivity contribution in [3.8, 4) is 0 Å². The van der Waals surface area contributed by atoms with Gasteiger partial charge in [-0.05, 0) is 36.8 Å². The van der Waals surface area contributed by atoms with Gasteiger partial charge in [-0.25, -0.2) is 0 Å². The molecule has 0 heterocycles. The summed E-state index contributed by atoms with van der Waals surface area (Å²) in [4.78, 5) is 11.2. The number of amides is 1. The normalized spacial score (nSPS) is 14.2. The van der Waals surface area contributed by atoms with Gasteiger partial charge in [-0.2, -0.15) is 0 Å². The van der Waals surface area contributed by atoms with Crippen LogP contribution in [0.3, 0.4) is 0 Å². The smallest absolute Gasteiger partial charge is 0.234 e. The van der Waals surface area contributed by atoms with Gasteiger partial charge in [-0.1, -0.05) is 51.5 Å². The second-order valence-electron chi connectivity index (χ2n) is 5.86. The fourth-order valence-electron chi connectivity index (χ4n) is 2.30. The maximum Gasteiger partial charge on any atom is 0.234 e. The molecule has 0 saturated carbocycles. The van der Waals surface area contributed by atoms with E-state index < -0.39 is 0 Å². The van der Waals surface area contributed by atoms with E-state index in [9.17, 15) is 4.79 Å². The number of primary amides is 1. The average molecular weight is 276 g/mol. The molecule has 0 fully saturated rings. The highest BCUT2D eigenvalue weighted by Gasteiger charge is 2.20. The van der Waals surface area contributed by atoms with E-state index in [1.54, 1.807) is 0 Å². The zero-order valence-corrected chi connectivity index (χ0v) is 13.1. The minimum Gasteiger partial charge on any atom is -0.368 e. The van der Waals surface area contributed by atoms with Crippen LogP contribution in [0.15, 0.2) is 24.3 Å². The number of unbranched alkanes of at least 4 members (excludes halogenated alkanes) is 1. The predicted octanol–water partition coefficient (Wildman–Crippen LogP) is 3.19. The van der Waals surface area contributed by atoms with Gasteiger partial charge in [-0.15, -0.1) is 0 Å². The van der Waals surface area contributed by atoms with E-state index in [0.29, 0.717) is 5.92 Å². The Labute approximate surface area is 122 Å². The van der Waals surface area contributed by atoms with E-state index in [-0.39, 0.29) is 18.0 Å². The van der Waals surface area contributed by atoms with E-state index in [4.69, 9.17) is 5.73 Å². The van der Waals surface area contributed by atoms with Crippen molar-refractivity contribution >= 4 is 5.91 Å². The number of carbonyl (C=O) groups is 1. The first-order valence-electron chi connectivity index (χ1n) is 7.59. The molecule has 2 atom stereocenters. The van der Waals surface area contributed by atoms with Crippen molar-refractivity contribution < 1.29 is 4.79 Å². The van der Waals surface area contributed by atoms with E-state index in [1.165, 1.54) is 24.0 Å². The number of nitrogens with one attached hydrogen (secondary N) is 1. The summed E-state index contributed by atoms with van der Waals surface area (Å²) in [6.07, 6.45) is 3.58. The van der Waals surface area contributed by atoms with Crippen molar-refractivity contribution in [3.63, 3.8) is 0 Å². The van der Waals surface area contributed by atoms with Gasteiger partial charge in [0, 0.05) is 6.04 Å². The molecule has 0 unspecified atom stereocenters. The second-order valence-corrected chi connectivity index (χ2v) is 5.86. The van der Waals surface area contributed by atoms with Crippen LogP contribution in [0.4, 0.5) is 0 Å². The molecule has 1 amide bonds. The van der Waals surface area contributed by atoms with Crippen molar-refractivity contribution in [2.75, 3.05) is 0 Å². The van der Waals surface area contributed by atoms with Crippen LogP contribution >= 0.6 is 0 Å². The third-order valence-corrected chi connectivity index (χ3v) is 3.68. The summed E-state index contributed by atoms with van der Waals surface area (Å²) in [5.74, 6) is 0.0912. The van der Waals surface area contributed by atoms with E-state index >= 15 is 0 Å². The zero-order chi connectivity index (χ0) is 15.1. The van der Waals surface area contributed by atoms with Gasteiger partial charge in [0.2, 0.25) is 5.91 Å². The van der Waals surface area contributed by atoms with Crippen LogP contribution in [0.1, 0.15) is 57.7 Å². The molecule has 112 valence electrons. The van der Waals surface area contributed by atoms with Crippen molar-refractivity contribution in [3.05, 3.63) is 35.4 Å². The Morgan fingerprint density at radius 1 is 1.20 bits per heavy atom. The molecule has 3 N–H and O–H groups in total. The highest BCUT2D eigenvalue weighted by Crippen LogP contribution is 2.23. The molecule has 0 aromatic heterocycles. The van der Waals surface area contributed by atoms with Gasteiger partial charge in [0.1, 0.15) is 0 Å². The van der Waals surface area contributed by atoms with Crippen LogP contribution in [0.2, 0.25) is 0 Å². The van der Waals surface area contributed by atoms with E-state index in [0.717, 1.165) is 6.42 Å². The number of nitrogens with two attached hydrogens (primary N) is 1. The van der Waals surface area contributed by atoms with Crippen LogP contribution in [-0.2, 0) is 11.2 Å². The summed E-state index contributed by atoms with van der Waals surface area (Å²) >= 11 is 0. The molecule has 0 aliphatic rings. The molecule has 0 bridgehead atoms. The van der Waals surface area contributed by atoms with Gasteiger partial charge in [0.25, 0.3) is 0 Å². The fraction of sp³-hybridized carbons (Fsp3) is 0.588. The first-order valence-corrected chi connectivity index (χ1v) is 7.59. The monoisotopic (exact) mass is 276 g/mol. The third-order valence-electron chi connectivity index (χ3n) is 3.68. The quantitative estimate of drug-likeness (QED) is 0.766. The van der Waals surface area contributed by atoms with Crippen LogP contribution in [0.5, 0.6) is 0 Å². The maximum atomic E-state index is 11.2. The molecular weight excluding hydrogens is 248 g/mol. The van der Waals surface area contributed by atoms with Gasteiger partial charge in [0.15, 0.2) is 0 Å². The topological polar surface area (TPSA) is 55.1 Å². The summed E-state index contributed by atoms with van der Waals surface area (Å²) in [5.41, 5.74) is 7.93. The Morgan fingerprint density at radius 3 is 2.25 bits per heavy atom. The summed E-state index contributed by atoms with van der Waals surface area (Å²) < 4.78 is 0. The Balaban J connectivity index is 2.79. The summed E-state index contributed by atoms with van der Waals surface area (Å²) in [5, 5.41) is 3.32. The van der Waals surface area contributed by atoms with Crippen LogP contribution in [-0.4, -0.2) is 11.9 Å². The third kappa shape index (κ3) is 4.97. The number of carbonyl (C=O) groups excluding carboxylic acids is 1. The number of hydrogen-bond acceptors (Lipinski definition) is 2. The molecule has 0 radical (unpaired) electrons. The molecule has 20 heavy (non-hydrogen) atoms. The van der Waals surface area contributed by atoms with Crippen LogP contribution in [0, 0.1) is 5.92 Å². The summed E-state index contributed by atoms with van der Waals surface area (Å²) in [6, 6.07) is 8.54. The SMILES string of the molecule is CCCCc1ccc([C@H](N[C@@H](C)C(N)=O)C(C)C)cc1. The van der Waals surface area contributed by atoms with Crippen molar-refractivity contribution in [1.29, 1.82) is 0 Å². The fourth-order valence-corrected chi connectivity index (χ4v) is 2.30. The van der Waals surface area contributed by atoms with Crippen molar-refractivity contribution in [2.45, 2.75) is 59.0 Å². The highest BCUT2D eigenvalue weighted by molar-refractivity contribution is 5.79. The maximum absolute atomic E-state index is 11.2. The van der Waals surface area contributed by atoms with E-state index in [1.807, 2.05) is 6.92 Å². The number of aryl methyl sites for hydroxylation is 1. The number of hydrogen-bond donors (Lipinski definition) is 2. The second kappa shape index (κ2) is 8.05. The van der Waals surface area contributed by atoms with Gasteiger partial charge in [0.05, 0.1) is 6.04 Å². The molecule has 1 rings (SSSR count). The molecule has 0 spiro atoms. The highest BCUT2D eigenvalue weighted by atomic mass is 16.1. The lowest BCUT2D eigenvalue weighted by Crippen LogP contribution is -2.42. The Kier molecular flexibility index (Phi) is 6.73. The molecule has 3 heteroatoms. The van der Waals surface area contributed by atoms with Crippen LogP contribution < -0.4 is 11.1 Å². The lowest BCUT2D eigenvalue weighted by atomic mass is 9.94. The van der Waals surface area contributed by atoms with Gasteiger partial charge < -0.3 is 5.73 Å². The molecule has 1 aromatic rings. The largest absolute Gasteiger partial charge is 0.368 e. The lowest BCUT2D eigenvalue weighted by molar-refractivity contribution is -0.119. The van der Waals surface area contributed by atoms with Gasteiger partial charge >= 0.3 is 0 Å². The molecule has 0 aliphatic carbocycles. The van der Waals surface area contributed by atoms with Crippen molar-refractivity contribution in [2.24, 2.45) is 11.7 Å². The summed E-state index contributed by atoms with van der Waals surface area (Å²) in [7, 11) is 0.